The molecule has 0 fully saturated rings. The van der Waals surface area contributed by atoms with Crippen LogP contribution in [0.5, 0.6) is 0 Å². The Morgan fingerprint density at radius 2 is 1.29 bits per heavy atom. The molecule has 0 saturated heterocycles. The number of rotatable bonds is 23. The van der Waals surface area contributed by atoms with Gasteiger partial charge in [0.1, 0.15) is 6.61 Å². The molecule has 0 spiro atoms. The first kappa shape index (κ1) is 29.4. The maximum absolute atomic E-state index is 11.6. The minimum atomic E-state index is -0.907. The summed E-state index contributed by atoms with van der Waals surface area (Å²) in [4.78, 5) is 22.9. The molecule has 1 N–H and O–H groups in total. The van der Waals surface area contributed by atoms with Gasteiger partial charge in [0.25, 0.3) is 0 Å². The van der Waals surface area contributed by atoms with E-state index < -0.39 is 17.9 Å². The number of unbranched alkanes of at least 4 members (excludes halogenated alkanes) is 14. The molecule has 0 saturated carbocycles. The summed E-state index contributed by atoms with van der Waals surface area (Å²) in [5, 5.41) is 9.26. The van der Waals surface area contributed by atoms with E-state index in [2.05, 4.69) is 25.7 Å². The number of carboxylic acids is 1. The quantitative estimate of drug-likeness (QED) is 0.100. The molecule has 0 aliphatic heterocycles. The van der Waals surface area contributed by atoms with Crippen LogP contribution in [0.15, 0.2) is 24.8 Å². The minimum Gasteiger partial charge on any atom is -0.481 e. The Labute approximate surface area is 191 Å². The van der Waals surface area contributed by atoms with Crippen molar-refractivity contribution in [1.82, 2.24) is 0 Å². The Bertz CT molecular complexity index is 470. The van der Waals surface area contributed by atoms with Gasteiger partial charge >= 0.3 is 11.9 Å². The van der Waals surface area contributed by atoms with Crippen LogP contribution < -0.4 is 0 Å². The van der Waals surface area contributed by atoms with Crippen molar-refractivity contribution in [2.45, 2.75) is 122 Å². The Morgan fingerprint density at radius 3 is 1.77 bits per heavy atom. The van der Waals surface area contributed by atoms with E-state index in [-0.39, 0.29) is 13.0 Å². The van der Waals surface area contributed by atoms with Crippen molar-refractivity contribution in [3.8, 4) is 0 Å². The standard InChI is InChI=1S/C27H48O4/c1-3-5-6-7-8-9-10-11-12-13-14-15-16-17-18-19-20-21-22-25(27(29)30)24-26(28)31-23-4-2/h4,12-13,25H,2-3,5-11,14-24H2,1H3,(H,29,30)/b13-12+. The number of esters is 1. The van der Waals surface area contributed by atoms with Gasteiger partial charge in [-0.2, -0.15) is 0 Å². The zero-order valence-electron chi connectivity index (χ0n) is 20.1. The van der Waals surface area contributed by atoms with Gasteiger partial charge in [0.2, 0.25) is 0 Å². The number of carboxylic acid groups (broad SMARTS) is 1. The molecule has 4 nitrogen and oxygen atoms in total. The predicted molar refractivity (Wildman–Crippen MR) is 130 cm³/mol. The molecule has 0 aromatic heterocycles. The van der Waals surface area contributed by atoms with Crippen molar-refractivity contribution >= 4 is 11.9 Å². The molecule has 31 heavy (non-hydrogen) atoms. The van der Waals surface area contributed by atoms with Crippen LogP contribution >= 0.6 is 0 Å². The molecule has 0 aromatic carbocycles. The van der Waals surface area contributed by atoms with Crippen LogP contribution in [0.4, 0.5) is 0 Å². The summed E-state index contributed by atoms with van der Waals surface area (Å²) in [5.41, 5.74) is 0. The number of ether oxygens (including phenoxy) is 1. The van der Waals surface area contributed by atoms with Gasteiger partial charge < -0.3 is 9.84 Å². The zero-order valence-corrected chi connectivity index (χ0v) is 20.1. The number of allylic oxidation sites excluding steroid dienone is 2. The molecular formula is C27H48O4. The van der Waals surface area contributed by atoms with Crippen molar-refractivity contribution < 1.29 is 19.4 Å². The van der Waals surface area contributed by atoms with Gasteiger partial charge in [-0.05, 0) is 32.1 Å². The van der Waals surface area contributed by atoms with Gasteiger partial charge in [-0.1, -0.05) is 109 Å². The highest BCUT2D eigenvalue weighted by Gasteiger charge is 2.21. The van der Waals surface area contributed by atoms with E-state index in [0.29, 0.717) is 6.42 Å². The highest BCUT2D eigenvalue weighted by molar-refractivity contribution is 5.78. The van der Waals surface area contributed by atoms with E-state index in [1.54, 1.807) is 0 Å². The first-order valence-corrected chi connectivity index (χ1v) is 12.8. The predicted octanol–water partition coefficient (Wildman–Crippen LogP) is 8.01. The molecule has 1 atom stereocenters. The van der Waals surface area contributed by atoms with E-state index in [0.717, 1.165) is 19.3 Å². The van der Waals surface area contributed by atoms with Gasteiger partial charge in [0.15, 0.2) is 0 Å². The molecule has 0 aliphatic carbocycles. The first-order valence-electron chi connectivity index (χ1n) is 12.8. The van der Waals surface area contributed by atoms with Crippen molar-refractivity contribution in [2.24, 2.45) is 5.92 Å². The lowest BCUT2D eigenvalue weighted by molar-refractivity contribution is -0.151. The number of aliphatic carboxylic acids is 1. The molecule has 0 amide bonds. The fourth-order valence-corrected chi connectivity index (χ4v) is 3.72. The number of hydrogen-bond acceptors (Lipinski definition) is 3. The van der Waals surface area contributed by atoms with E-state index in [4.69, 9.17) is 4.74 Å². The maximum Gasteiger partial charge on any atom is 0.307 e. The average Bonchev–Trinajstić information content (AvgIpc) is 2.75. The van der Waals surface area contributed by atoms with Crippen LogP contribution in [-0.4, -0.2) is 23.7 Å². The monoisotopic (exact) mass is 436 g/mol. The summed E-state index contributed by atoms with van der Waals surface area (Å²) in [6.07, 6.45) is 26.8. The van der Waals surface area contributed by atoms with Crippen molar-refractivity contribution in [2.75, 3.05) is 6.61 Å². The summed E-state index contributed by atoms with van der Waals surface area (Å²) >= 11 is 0. The summed E-state index contributed by atoms with van der Waals surface area (Å²) in [6, 6.07) is 0. The molecule has 0 bridgehead atoms. The lowest BCUT2D eigenvalue weighted by atomic mass is 9.97. The van der Waals surface area contributed by atoms with E-state index in [9.17, 15) is 14.7 Å². The van der Waals surface area contributed by atoms with Crippen LogP contribution in [0.1, 0.15) is 122 Å². The van der Waals surface area contributed by atoms with Gasteiger partial charge in [-0.15, -0.1) is 0 Å². The van der Waals surface area contributed by atoms with Crippen molar-refractivity contribution in [1.29, 1.82) is 0 Å². The van der Waals surface area contributed by atoms with Crippen LogP contribution in [0.25, 0.3) is 0 Å². The molecule has 1 unspecified atom stereocenters. The fraction of sp³-hybridized carbons (Fsp3) is 0.778. The van der Waals surface area contributed by atoms with Crippen LogP contribution in [0, 0.1) is 5.92 Å². The minimum absolute atomic E-state index is 0.0460. The molecule has 4 heteroatoms. The van der Waals surface area contributed by atoms with Gasteiger partial charge in [-0.3, -0.25) is 9.59 Å². The summed E-state index contributed by atoms with van der Waals surface area (Å²) in [7, 11) is 0. The van der Waals surface area contributed by atoms with Crippen molar-refractivity contribution in [3.05, 3.63) is 24.8 Å². The highest BCUT2D eigenvalue weighted by atomic mass is 16.5. The summed E-state index contributed by atoms with van der Waals surface area (Å²) < 4.78 is 4.89. The topological polar surface area (TPSA) is 63.6 Å². The van der Waals surface area contributed by atoms with Crippen LogP contribution in [0.3, 0.4) is 0 Å². The van der Waals surface area contributed by atoms with E-state index >= 15 is 0 Å². The zero-order chi connectivity index (χ0) is 23.0. The third kappa shape index (κ3) is 21.4. The smallest absolute Gasteiger partial charge is 0.307 e. The second-order valence-corrected chi connectivity index (χ2v) is 8.64. The fourth-order valence-electron chi connectivity index (χ4n) is 3.72. The second-order valence-electron chi connectivity index (χ2n) is 8.64. The highest BCUT2D eigenvalue weighted by Crippen LogP contribution is 2.17. The Kier molecular flexibility index (Phi) is 21.9. The largest absolute Gasteiger partial charge is 0.481 e. The third-order valence-corrected chi connectivity index (χ3v) is 5.69. The summed E-state index contributed by atoms with van der Waals surface area (Å²) in [5.74, 6) is -2.00. The lowest BCUT2D eigenvalue weighted by Crippen LogP contribution is -2.19. The summed E-state index contributed by atoms with van der Waals surface area (Å²) in [6.45, 7) is 5.88. The van der Waals surface area contributed by atoms with Gasteiger partial charge in [-0.25, -0.2) is 0 Å². The number of hydrogen-bond donors (Lipinski definition) is 1. The molecule has 0 aliphatic rings. The molecule has 0 heterocycles. The normalized spacial score (nSPS) is 12.2. The third-order valence-electron chi connectivity index (χ3n) is 5.69. The molecule has 0 aromatic rings. The van der Waals surface area contributed by atoms with Gasteiger partial charge in [0, 0.05) is 0 Å². The van der Waals surface area contributed by atoms with E-state index in [1.165, 1.54) is 89.5 Å². The Balaban J connectivity index is 3.47. The van der Waals surface area contributed by atoms with Gasteiger partial charge in [0.05, 0.1) is 12.3 Å². The van der Waals surface area contributed by atoms with Crippen molar-refractivity contribution in [3.63, 3.8) is 0 Å². The Morgan fingerprint density at radius 1 is 0.806 bits per heavy atom. The molecular weight excluding hydrogens is 388 g/mol. The average molecular weight is 437 g/mol. The number of carbonyl (C=O) groups is 2. The molecule has 0 radical (unpaired) electrons. The SMILES string of the molecule is C=CCOC(=O)CC(CCCCCCCCC/C=C/CCCCCCCCC)C(=O)O. The van der Waals surface area contributed by atoms with Crippen LogP contribution in [0.2, 0.25) is 0 Å². The second kappa shape index (κ2) is 23.1. The Hall–Kier alpha value is -1.58. The number of carbonyl (C=O) groups excluding carboxylic acids is 1. The first-order chi connectivity index (χ1) is 15.1. The molecule has 180 valence electrons. The molecule has 0 rings (SSSR count). The lowest BCUT2D eigenvalue weighted by Gasteiger charge is -2.11. The van der Waals surface area contributed by atoms with Crippen LogP contribution in [-0.2, 0) is 14.3 Å². The van der Waals surface area contributed by atoms with E-state index in [1.807, 2.05) is 0 Å². The maximum atomic E-state index is 11.6.